The largest absolute Gasteiger partial charge is 0.497 e. The van der Waals surface area contributed by atoms with Crippen LogP contribution in [0.5, 0.6) is 5.75 Å². The minimum atomic E-state index is -0.0802. The number of carbonyl (C=O) groups is 1. The number of ether oxygens (including phenoxy) is 1. The number of benzene rings is 3. The summed E-state index contributed by atoms with van der Waals surface area (Å²) in [6.07, 6.45) is 1.71. The lowest BCUT2D eigenvalue weighted by atomic mass is 10.1. The molecule has 0 radical (unpaired) electrons. The number of nitrogens with zero attached hydrogens (tertiary/aromatic N) is 4. The first-order valence-electron chi connectivity index (χ1n) is 12.5. The molecule has 0 spiro atoms. The van der Waals surface area contributed by atoms with Crippen LogP contribution in [-0.4, -0.2) is 39.0 Å². The van der Waals surface area contributed by atoms with Gasteiger partial charge in [0.05, 0.1) is 18.5 Å². The second-order valence-electron chi connectivity index (χ2n) is 9.48. The number of aryl methyl sites for hydroxylation is 1. The summed E-state index contributed by atoms with van der Waals surface area (Å²) in [7, 11) is 1.64. The maximum Gasteiger partial charge on any atom is 0.268 e. The SMILES string of the molecule is COc1ccc(-c2c(C)c(-c3nnc(C)o3)nn2-c2ccc(C(=O)NC3Cc4ccccc4C3)cc2)cc1. The van der Waals surface area contributed by atoms with Crippen molar-refractivity contribution in [3.8, 4) is 34.3 Å². The van der Waals surface area contributed by atoms with Crippen molar-refractivity contribution in [3.05, 3.63) is 101 Å². The van der Waals surface area contributed by atoms with Gasteiger partial charge < -0.3 is 14.5 Å². The number of aromatic nitrogens is 4. The summed E-state index contributed by atoms with van der Waals surface area (Å²) in [5.74, 6) is 1.53. The minimum Gasteiger partial charge on any atom is -0.497 e. The van der Waals surface area contributed by atoms with Crippen LogP contribution < -0.4 is 10.1 Å². The van der Waals surface area contributed by atoms with Crippen LogP contribution in [0.3, 0.4) is 0 Å². The van der Waals surface area contributed by atoms with Gasteiger partial charge in [-0.1, -0.05) is 24.3 Å². The molecule has 2 heterocycles. The highest BCUT2D eigenvalue weighted by Crippen LogP contribution is 2.34. The zero-order valence-electron chi connectivity index (χ0n) is 21.4. The van der Waals surface area contributed by atoms with Gasteiger partial charge in [-0.3, -0.25) is 4.79 Å². The Kier molecular flexibility index (Phi) is 5.99. The summed E-state index contributed by atoms with van der Waals surface area (Å²) in [5.41, 5.74) is 7.39. The van der Waals surface area contributed by atoms with Gasteiger partial charge in [0.2, 0.25) is 5.89 Å². The van der Waals surface area contributed by atoms with E-state index < -0.39 is 0 Å². The molecular weight excluding hydrogens is 478 g/mol. The number of carbonyl (C=O) groups excluding carboxylic acids is 1. The smallest absolute Gasteiger partial charge is 0.268 e. The molecule has 2 aromatic heterocycles. The number of methoxy groups -OCH3 is 1. The Hall–Kier alpha value is -4.72. The van der Waals surface area contributed by atoms with Gasteiger partial charge in [-0.2, -0.15) is 5.10 Å². The predicted molar refractivity (Wildman–Crippen MR) is 143 cm³/mol. The Morgan fingerprint density at radius 2 is 1.63 bits per heavy atom. The number of hydrogen-bond acceptors (Lipinski definition) is 6. The molecule has 5 aromatic rings. The molecule has 0 bridgehead atoms. The maximum atomic E-state index is 13.0. The van der Waals surface area contributed by atoms with E-state index in [4.69, 9.17) is 14.3 Å². The summed E-state index contributed by atoms with van der Waals surface area (Å²) in [5, 5.41) is 16.2. The molecule has 8 heteroatoms. The van der Waals surface area contributed by atoms with Gasteiger partial charge in [-0.25, -0.2) is 4.68 Å². The van der Waals surface area contributed by atoms with Crippen molar-refractivity contribution < 1.29 is 13.9 Å². The van der Waals surface area contributed by atoms with E-state index in [1.165, 1.54) is 11.1 Å². The highest BCUT2D eigenvalue weighted by molar-refractivity contribution is 5.94. The summed E-state index contributed by atoms with van der Waals surface area (Å²) in [6.45, 7) is 3.74. The van der Waals surface area contributed by atoms with Gasteiger partial charge >= 0.3 is 0 Å². The first kappa shape index (κ1) is 23.7. The molecule has 38 heavy (non-hydrogen) atoms. The van der Waals surface area contributed by atoms with Crippen LogP contribution in [-0.2, 0) is 12.8 Å². The van der Waals surface area contributed by atoms with Crippen molar-refractivity contribution in [1.29, 1.82) is 0 Å². The molecule has 3 aromatic carbocycles. The third-order valence-electron chi connectivity index (χ3n) is 6.97. The number of amides is 1. The van der Waals surface area contributed by atoms with Crippen molar-refractivity contribution in [2.24, 2.45) is 0 Å². The Morgan fingerprint density at radius 3 is 2.24 bits per heavy atom. The molecule has 8 nitrogen and oxygen atoms in total. The van der Waals surface area contributed by atoms with E-state index in [-0.39, 0.29) is 11.9 Å². The lowest BCUT2D eigenvalue weighted by Crippen LogP contribution is -2.35. The van der Waals surface area contributed by atoms with Crippen LogP contribution in [0.15, 0.2) is 77.2 Å². The normalized spacial score (nSPS) is 12.9. The van der Waals surface area contributed by atoms with Crippen LogP contribution in [0.25, 0.3) is 28.5 Å². The summed E-state index contributed by atoms with van der Waals surface area (Å²) >= 11 is 0. The Labute approximate surface area is 220 Å². The number of fused-ring (bicyclic) bond motifs is 1. The number of rotatable bonds is 6. The molecule has 6 rings (SSSR count). The van der Waals surface area contributed by atoms with Crippen molar-refractivity contribution in [1.82, 2.24) is 25.3 Å². The first-order valence-corrected chi connectivity index (χ1v) is 12.5. The fraction of sp³-hybridized carbons (Fsp3) is 0.200. The van der Waals surface area contributed by atoms with E-state index >= 15 is 0 Å². The summed E-state index contributed by atoms with van der Waals surface area (Å²) < 4.78 is 12.9. The summed E-state index contributed by atoms with van der Waals surface area (Å²) in [6, 6.07) is 23.7. The number of hydrogen-bond donors (Lipinski definition) is 1. The lowest BCUT2D eigenvalue weighted by molar-refractivity contribution is 0.0938. The Balaban J connectivity index is 1.31. The third kappa shape index (κ3) is 4.34. The van der Waals surface area contributed by atoms with E-state index in [2.05, 4.69) is 27.6 Å². The Bertz CT molecular complexity index is 1590. The van der Waals surface area contributed by atoms with E-state index in [1.54, 1.807) is 14.0 Å². The zero-order chi connectivity index (χ0) is 26.2. The molecule has 0 fully saturated rings. The molecule has 0 saturated heterocycles. The van der Waals surface area contributed by atoms with E-state index in [1.807, 2.05) is 72.3 Å². The van der Waals surface area contributed by atoms with Gasteiger partial charge in [0.1, 0.15) is 5.75 Å². The van der Waals surface area contributed by atoms with E-state index in [0.29, 0.717) is 23.0 Å². The van der Waals surface area contributed by atoms with Gasteiger partial charge in [-0.05, 0) is 79.4 Å². The number of nitrogens with one attached hydrogen (secondary N) is 1. The van der Waals surface area contributed by atoms with Crippen molar-refractivity contribution in [2.45, 2.75) is 32.7 Å². The molecule has 1 aliphatic carbocycles. The van der Waals surface area contributed by atoms with Gasteiger partial charge in [-0.15, -0.1) is 10.2 Å². The van der Waals surface area contributed by atoms with Gasteiger partial charge in [0.25, 0.3) is 11.8 Å². The van der Waals surface area contributed by atoms with Crippen molar-refractivity contribution in [2.75, 3.05) is 7.11 Å². The average molecular weight is 506 g/mol. The molecule has 0 aliphatic heterocycles. The minimum absolute atomic E-state index is 0.0802. The molecule has 0 unspecified atom stereocenters. The molecular formula is C30H27N5O3. The third-order valence-corrected chi connectivity index (χ3v) is 6.97. The van der Waals surface area contributed by atoms with Crippen molar-refractivity contribution in [3.63, 3.8) is 0 Å². The highest BCUT2D eigenvalue weighted by atomic mass is 16.5. The lowest BCUT2D eigenvalue weighted by Gasteiger charge is -2.13. The van der Waals surface area contributed by atoms with Crippen LogP contribution in [0.1, 0.15) is 32.9 Å². The van der Waals surface area contributed by atoms with E-state index in [9.17, 15) is 4.79 Å². The standard InChI is InChI=1S/C30H27N5O3/c1-18-27(30-33-32-19(2)38-30)34-35(28(18)20-10-14-26(37-3)15-11-20)25-12-8-21(9-13-25)29(36)31-24-16-22-6-4-5-7-23(22)17-24/h4-15,24H,16-17H2,1-3H3,(H,31,36). The molecule has 1 aliphatic rings. The second kappa shape index (κ2) is 9.63. The Morgan fingerprint density at radius 1 is 0.947 bits per heavy atom. The van der Waals surface area contributed by atoms with Crippen LogP contribution in [0, 0.1) is 13.8 Å². The highest BCUT2D eigenvalue weighted by Gasteiger charge is 2.24. The molecule has 0 atom stereocenters. The van der Waals surface area contributed by atoms with Crippen LogP contribution in [0.2, 0.25) is 0 Å². The molecule has 1 amide bonds. The zero-order valence-corrected chi connectivity index (χ0v) is 21.4. The van der Waals surface area contributed by atoms with Crippen molar-refractivity contribution >= 4 is 5.91 Å². The monoisotopic (exact) mass is 505 g/mol. The topological polar surface area (TPSA) is 95.1 Å². The molecule has 0 saturated carbocycles. The maximum absolute atomic E-state index is 13.0. The van der Waals surface area contributed by atoms with Crippen LogP contribution in [0.4, 0.5) is 0 Å². The fourth-order valence-electron chi connectivity index (χ4n) is 5.05. The first-order chi connectivity index (χ1) is 18.5. The second-order valence-corrected chi connectivity index (χ2v) is 9.48. The quantitative estimate of drug-likeness (QED) is 0.345. The van der Waals surface area contributed by atoms with E-state index in [0.717, 1.165) is 41.1 Å². The van der Waals surface area contributed by atoms with Gasteiger partial charge in [0.15, 0.2) is 5.69 Å². The summed E-state index contributed by atoms with van der Waals surface area (Å²) in [4.78, 5) is 13.0. The predicted octanol–water partition coefficient (Wildman–Crippen LogP) is 5.11. The fourth-order valence-corrected chi connectivity index (χ4v) is 5.05. The van der Waals surface area contributed by atoms with Crippen LogP contribution >= 0.6 is 0 Å². The molecule has 1 N–H and O–H groups in total. The average Bonchev–Trinajstić information content (AvgIpc) is 3.65. The van der Waals surface area contributed by atoms with Gasteiger partial charge in [0, 0.05) is 29.7 Å². The molecule has 190 valence electrons.